The molecule has 0 amide bonds. The van der Waals surface area contributed by atoms with Gasteiger partial charge in [-0.25, -0.2) is 14.4 Å². The van der Waals surface area contributed by atoms with Crippen molar-refractivity contribution in [2.24, 2.45) is 0 Å². The number of nitrogen functional groups attached to an aromatic ring is 1. The zero-order valence-electron chi connectivity index (χ0n) is 7.87. The van der Waals surface area contributed by atoms with E-state index in [1.165, 1.54) is 12.1 Å². The molecule has 0 aliphatic heterocycles. The van der Waals surface area contributed by atoms with E-state index in [-0.39, 0.29) is 11.8 Å². The fourth-order valence-corrected chi connectivity index (χ4v) is 1.91. The van der Waals surface area contributed by atoms with Gasteiger partial charge >= 0.3 is 0 Å². The van der Waals surface area contributed by atoms with Crippen molar-refractivity contribution >= 4 is 5.95 Å². The van der Waals surface area contributed by atoms with E-state index in [4.69, 9.17) is 5.73 Å². The molecule has 3 rings (SSSR count). The number of nitrogens with two attached hydrogens (primary N) is 1. The third kappa shape index (κ3) is 1.18. The van der Waals surface area contributed by atoms with E-state index in [0.717, 1.165) is 28.8 Å². The summed E-state index contributed by atoms with van der Waals surface area (Å²) in [6.45, 7) is 0. The summed E-state index contributed by atoms with van der Waals surface area (Å²) < 4.78 is 13.1. The molecule has 0 fully saturated rings. The van der Waals surface area contributed by atoms with Crippen LogP contribution in [0.5, 0.6) is 0 Å². The van der Waals surface area contributed by atoms with Crippen LogP contribution in [0.4, 0.5) is 10.3 Å². The molecule has 0 bridgehead atoms. The maximum Gasteiger partial charge on any atom is 0.220 e. The zero-order valence-corrected chi connectivity index (χ0v) is 7.87. The van der Waals surface area contributed by atoms with Crippen molar-refractivity contribution in [3.05, 3.63) is 41.3 Å². The first kappa shape index (κ1) is 8.35. The number of benzene rings is 1. The van der Waals surface area contributed by atoms with Crippen LogP contribution >= 0.6 is 0 Å². The smallest absolute Gasteiger partial charge is 0.220 e. The first-order valence-corrected chi connectivity index (χ1v) is 4.64. The summed E-state index contributed by atoms with van der Waals surface area (Å²) in [6, 6.07) is 4.73. The van der Waals surface area contributed by atoms with Gasteiger partial charge in [-0.2, -0.15) is 0 Å². The molecule has 2 aromatic rings. The molecule has 0 atom stereocenters. The van der Waals surface area contributed by atoms with Gasteiger partial charge in [0.2, 0.25) is 5.95 Å². The topological polar surface area (TPSA) is 51.8 Å². The van der Waals surface area contributed by atoms with Crippen molar-refractivity contribution in [1.82, 2.24) is 9.97 Å². The van der Waals surface area contributed by atoms with Crippen LogP contribution in [0.3, 0.4) is 0 Å². The molecule has 0 saturated carbocycles. The van der Waals surface area contributed by atoms with Gasteiger partial charge in [-0.3, -0.25) is 0 Å². The molecule has 1 heterocycles. The summed E-state index contributed by atoms with van der Waals surface area (Å²) in [4.78, 5) is 8.07. The Morgan fingerprint density at radius 1 is 1.27 bits per heavy atom. The van der Waals surface area contributed by atoms with E-state index in [2.05, 4.69) is 9.97 Å². The van der Waals surface area contributed by atoms with Crippen LogP contribution in [-0.2, 0) is 6.42 Å². The highest BCUT2D eigenvalue weighted by Crippen LogP contribution is 2.35. The molecule has 0 saturated heterocycles. The fraction of sp³-hybridized carbons (Fsp3) is 0.0909. The van der Waals surface area contributed by atoms with Gasteiger partial charge in [0, 0.05) is 23.7 Å². The lowest BCUT2D eigenvalue weighted by molar-refractivity contribution is 0.628. The Morgan fingerprint density at radius 3 is 3.00 bits per heavy atom. The molecule has 0 unspecified atom stereocenters. The fourth-order valence-electron chi connectivity index (χ4n) is 1.91. The Hall–Kier alpha value is -1.97. The molecule has 1 aromatic heterocycles. The van der Waals surface area contributed by atoms with E-state index in [9.17, 15) is 4.39 Å². The second-order valence-corrected chi connectivity index (χ2v) is 3.58. The summed E-state index contributed by atoms with van der Waals surface area (Å²) in [7, 11) is 0. The quantitative estimate of drug-likeness (QED) is 0.603. The Balaban J connectivity index is 2.28. The molecule has 2 N–H and O–H groups in total. The highest BCUT2D eigenvalue weighted by Gasteiger charge is 2.20. The molecule has 0 radical (unpaired) electrons. The van der Waals surface area contributed by atoms with Crippen molar-refractivity contribution in [2.75, 3.05) is 5.73 Å². The van der Waals surface area contributed by atoms with Gasteiger partial charge in [0.05, 0.1) is 5.69 Å². The maximum atomic E-state index is 13.1. The third-order valence-electron chi connectivity index (χ3n) is 2.59. The van der Waals surface area contributed by atoms with Crippen LogP contribution in [0.1, 0.15) is 11.1 Å². The van der Waals surface area contributed by atoms with Gasteiger partial charge in [-0.1, -0.05) is 6.07 Å². The van der Waals surface area contributed by atoms with Crippen molar-refractivity contribution in [3.8, 4) is 11.3 Å². The molecule has 15 heavy (non-hydrogen) atoms. The highest BCUT2D eigenvalue weighted by molar-refractivity contribution is 5.73. The van der Waals surface area contributed by atoms with Crippen molar-refractivity contribution in [2.45, 2.75) is 6.42 Å². The Morgan fingerprint density at radius 2 is 2.13 bits per heavy atom. The minimum absolute atomic E-state index is 0.228. The average molecular weight is 201 g/mol. The van der Waals surface area contributed by atoms with Gasteiger partial charge in [-0.05, 0) is 17.7 Å². The van der Waals surface area contributed by atoms with E-state index in [0.29, 0.717) is 0 Å². The minimum atomic E-state index is -0.251. The monoisotopic (exact) mass is 201 g/mol. The predicted octanol–water partition coefficient (Wildman–Crippen LogP) is 1.77. The maximum absolute atomic E-state index is 13.1. The molecule has 1 aliphatic rings. The normalized spacial score (nSPS) is 12.3. The number of aromatic nitrogens is 2. The highest BCUT2D eigenvalue weighted by atomic mass is 19.1. The van der Waals surface area contributed by atoms with Crippen molar-refractivity contribution in [1.29, 1.82) is 0 Å². The lowest BCUT2D eigenvalue weighted by Crippen LogP contribution is -1.96. The zero-order chi connectivity index (χ0) is 10.4. The largest absolute Gasteiger partial charge is 0.368 e. The SMILES string of the molecule is Nc1ncc2c(n1)-c1cc(F)ccc1C2. The summed E-state index contributed by atoms with van der Waals surface area (Å²) in [6.07, 6.45) is 2.46. The number of fused-ring (bicyclic) bond motifs is 3. The Kier molecular flexibility index (Phi) is 1.54. The standard InChI is InChI=1S/C11H8FN3/c12-8-2-1-6-3-7-5-14-11(13)15-10(7)9(6)4-8/h1-2,4-5H,3H2,(H2,13,14,15). The van der Waals surface area contributed by atoms with Crippen LogP contribution in [0, 0.1) is 5.82 Å². The first-order valence-electron chi connectivity index (χ1n) is 4.64. The number of rotatable bonds is 0. The molecule has 74 valence electrons. The second-order valence-electron chi connectivity index (χ2n) is 3.58. The summed E-state index contributed by atoms with van der Waals surface area (Å²) >= 11 is 0. The van der Waals surface area contributed by atoms with E-state index in [1.54, 1.807) is 12.3 Å². The summed E-state index contributed by atoms with van der Waals surface area (Å²) in [5.74, 6) is -0.0235. The van der Waals surface area contributed by atoms with E-state index in [1.807, 2.05) is 0 Å². The van der Waals surface area contributed by atoms with Gasteiger partial charge in [-0.15, -0.1) is 0 Å². The van der Waals surface area contributed by atoms with Crippen LogP contribution in [0.2, 0.25) is 0 Å². The van der Waals surface area contributed by atoms with Crippen molar-refractivity contribution < 1.29 is 4.39 Å². The van der Waals surface area contributed by atoms with Crippen LogP contribution < -0.4 is 5.73 Å². The lowest BCUT2D eigenvalue weighted by Gasteiger charge is -2.00. The van der Waals surface area contributed by atoms with E-state index < -0.39 is 0 Å². The molecule has 1 aliphatic carbocycles. The first-order chi connectivity index (χ1) is 7.24. The average Bonchev–Trinajstić information content (AvgIpc) is 2.56. The number of halogens is 1. The number of anilines is 1. The van der Waals surface area contributed by atoms with Gasteiger partial charge in [0.15, 0.2) is 0 Å². The number of nitrogens with zero attached hydrogens (tertiary/aromatic N) is 2. The summed E-state index contributed by atoms with van der Waals surface area (Å²) in [5.41, 5.74) is 9.18. The Bertz CT molecular complexity index is 502. The number of hydrogen-bond acceptors (Lipinski definition) is 3. The molecule has 1 aromatic carbocycles. The van der Waals surface area contributed by atoms with Gasteiger partial charge in [0.25, 0.3) is 0 Å². The molecule has 4 heteroatoms. The van der Waals surface area contributed by atoms with Crippen LogP contribution in [0.15, 0.2) is 24.4 Å². The van der Waals surface area contributed by atoms with Crippen molar-refractivity contribution in [3.63, 3.8) is 0 Å². The van der Waals surface area contributed by atoms with Crippen LogP contribution in [0.25, 0.3) is 11.3 Å². The molecule has 3 nitrogen and oxygen atoms in total. The van der Waals surface area contributed by atoms with E-state index >= 15 is 0 Å². The molecule has 0 spiro atoms. The molecular weight excluding hydrogens is 193 g/mol. The lowest BCUT2D eigenvalue weighted by atomic mass is 10.1. The number of hydrogen-bond donors (Lipinski definition) is 1. The van der Waals surface area contributed by atoms with Gasteiger partial charge in [0.1, 0.15) is 5.82 Å². The molecular formula is C11H8FN3. The summed E-state index contributed by atoms with van der Waals surface area (Å²) in [5, 5.41) is 0. The minimum Gasteiger partial charge on any atom is -0.368 e. The second kappa shape index (κ2) is 2.76. The van der Waals surface area contributed by atoms with Crippen LogP contribution in [-0.4, -0.2) is 9.97 Å². The predicted molar refractivity (Wildman–Crippen MR) is 54.6 cm³/mol. The Labute approximate surface area is 85.8 Å². The third-order valence-corrected chi connectivity index (χ3v) is 2.59. The van der Waals surface area contributed by atoms with Gasteiger partial charge < -0.3 is 5.73 Å².